The summed E-state index contributed by atoms with van der Waals surface area (Å²) in [6, 6.07) is 8.20. The Bertz CT molecular complexity index is 971. The quantitative estimate of drug-likeness (QED) is 0.630. The van der Waals surface area contributed by atoms with Gasteiger partial charge in [-0.1, -0.05) is 6.07 Å². The van der Waals surface area contributed by atoms with Gasteiger partial charge in [-0.05, 0) is 45.4 Å². The van der Waals surface area contributed by atoms with Gasteiger partial charge in [-0.15, -0.1) is 0 Å². The molecule has 0 spiro atoms. The van der Waals surface area contributed by atoms with Gasteiger partial charge in [-0.3, -0.25) is 4.40 Å². The zero-order valence-electron chi connectivity index (χ0n) is 16.6. The highest BCUT2D eigenvalue weighted by atomic mass is 16.5. The third-order valence-electron chi connectivity index (χ3n) is 5.15. The average Bonchev–Trinajstić information content (AvgIpc) is 3.10. The molecule has 3 aromatic rings. The predicted octanol–water partition coefficient (Wildman–Crippen LogP) is 2.80. The van der Waals surface area contributed by atoms with Crippen molar-refractivity contribution in [2.45, 2.75) is 38.3 Å². The predicted molar refractivity (Wildman–Crippen MR) is 110 cm³/mol. The standard InChI is InChI=1S/C21H27N5O2/c1-21(2,27)15-13-26-17(12-23-20(26)10-18(15)28-3)16-7-4-8-19(25-16)24-14-6-5-9-22-11-14/h4,7-8,10,12-14,22,27H,5-6,9,11H2,1-3H3,(H,24,25). The third kappa shape index (κ3) is 3.68. The molecule has 28 heavy (non-hydrogen) atoms. The number of nitrogens with one attached hydrogen (secondary N) is 2. The summed E-state index contributed by atoms with van der Waals surface area (Å²) in [5.74, 6) is 1.47. The third-order valence-corrected chi connectivity index (χ3v) is 5.15. The number of rotatable bonds is 5. The largest absolute Gasteiger partial charge is 0.496 e. The lowest BCUT2D eigenvalue weighted by atomic mass is 9.99. The lowest BCUT2D eigenvalue weighted by Gasteiger charge is -2.24. The lowest BCUT2D eigenvalue weighted by molar-refractivity contribution is 0.0752. The molecule has 1 saturated heterocycles. The molecule has 0 bridgehead atoms. The van der Waals surface area contributed by atoms with E-state index in [1.807, 2.05) is 34.9 Å². The van der Waals surface area contributed by atoms with Crippen LogP contribution in [-0.4, -0.2) is 45.7 Å². The zero-order chi connectivity index (χ0) is 19.7. The van der Waals surface area contributed by atoms with Crippen LogP contribution in [0.5, 0.6) is 5.75 Å². The van der Waals surface area contributed by atoms with Crippen molar-refractivity contribution in [1.82, 2.24) is 19.7 Å². The molecule has 0 amide bonds. The summed E-state index contributed by atoms with van der Waals surface area (Å²) in [7, 11) is 1.60. The number of aliphatic hydroxyl groups is 1. The fraction of sp³-hybridized carbons (Fsp3) is 0.429. The number of pyridine rings is 2. The zero-order valence-corrected chi connectivity index (χ0v) is 16.6. The van der Waals surface area contributed by atoms with Gasteiger partial charge in [-0.25, -0.2) is 9.97 Å². The number of imidazole rings is 1. The van der Waals surface area contributed by atoms with Crippen LogP contribution < -0.4 is 15.4 Å². The second kappa shape index (κ2) is 7.41. The minimum atomic E-state index is -1.04. The Morgan fingerprint density at radius 3 is 2.93 bits per heavy atom. The van der Waals surface area contributed by atoms with Gasteiger partial charge in [0.15, 0.2) is 0 Å². The van der Waals surface area contributed by atoms with Crippen LogP contribution in [0.25, 0.3) is 17.0 Å². The van der Waals surface area contributed by atoms with Crippen LogP contribution in [0.15, 0.2) is 36.7 Å². The molecule has 1 aliphatic rings. The molecule has 1 unspecified atom stereocenters. The van der Waals surface area contributed by atoms with Gasteiger partial charge < -0.3 is 20.5 Å². The molecule has 3 N–H and O–H groups in total. The summed E-state index contributed by atoms with van der Waals surface area (Å²) in [4.78, 5) is 9.30. The molecule has 7 nitrogen and oxygen atoms in total. The molecule has 148 valence electrons. The summed E-state index contributed by atoms with van der Waals surface area (Å²) < 4.78 is 7.40. The molecule has 0 aliphatic carbocycles. The van der Waals surface area contributed by atoms with E-state index >= 15 is 0 Å². The molecule has 4 rings (SSSR count). The monoisotopic (exact) mass is 381 g/mol. The Morgan fingerprint density at radius 1 is 1.36 bits per heavy atom. The van der Waals surface area contributed by atoms with Crippen molar-refractivity contribution in [3.05, 3.63) is 42.2 Å². The van der Waals surface area contributed by atoms with Gasteiger partial charge >= 0.3 is 0 Å². The van der Waals surface area contributed by atoms with Gasteiger partial charge in [-0.2, -0.15) is 0 Å². The first-order valence-electron chi connectivity index (χ1n) is 9.68. The maximum atomic E-state index is 10.5. The molecule has 4 heterocycles. The van der Waals surface area contributed by atoms with Crippen LogP contribution in [0, 0.1) is 0 Å². The van der Waals surface area contributed by atoms with E-state index in [1.54, 1.807) is 27.2 Å². The average molecular weight is 381 g/mol. The highest BCUT2D eigenvalue weighted by molar-refractivity contribution is 5.64. The van der Waals surface area contributed by atoms with Crippen molar-refractivity contribution in [3.63, 3.8) is 0 Å². The molecule has 3 aromatic heterocycles. The molecule has 1 atom stereocenters. The minimum absolute atomic E-state index is 0.393. The summed E-state index contributed by atoms with van der Waals surface area (Å²) >= 11 is 0. The maximum Gasteiger partial charge on any atom is 0.140 e. The smallest absolute Gasteiger partial charge is 0.140 e. The first-order chi connectivity index (χ1) is 13.5. The fourth-order valence-electron chi connectivity index (χ4n) is 3.67. The van der Waals surface area contributed by atoms with Crippen molar-refractivity contribution in [1.29, 1.82) is 0 Å². The summed E-state index contributed by atoms with van der Waals surface area (Å²) in [6.45, 7) is 5.53. The second-order valence-electron chi connectivity index (χ2n) is 7.78. The Hall–Kier alpha value is -2.64. The first-order valence-corrected chi connectivity index (χ1v) is 9.68. The minimum Gasteiger partial charge on any atom is -0.496 e. The van der Waals surface area contributed by atoms with Gasteiger partial charge in [0.25, 0.3) is 0 Å². The number of aromatic nitrogens is 3. The number of hydrogen-bond acceptors (Lipinski definition) is 6. The van der Waals surface area contributed by atoms with E-state index < -0.39 is 5.60 Å². The summed E-state index contributed by atoms with van der Waals surface area (Å²) in [5.41, 5.74) is 2.11. The molecule has 1 fully saturated rings. The van der Waals surface area contributed by atoms with E-state index in [0.29, 0.717) is 17.4 Å². The van der Waals surface area contributed by atoms with E-state index in [0.717, 1.165) is 42.4 Å². The number of fused-ring (bicyclic) bond motifs is 1. The Labute approximate surface area is 164 Å². The SMILES string of the molecule is COc1cc2ncc(-c3cccc(NC4CCCNC4)n3)n2cc1C(C)(C)O. The molecule has 0 saturated carbocycles. The summed E-state index contributed by atoms with van der Waals surface area (Å²) in [6.07, 6.45) is 6.00. The van der Waals surface area contributed by atoms with Crippen molar-refractivity contribution < 1.29 is 9.84 Å². The van der Waals surface area contributed by atoms with Crippen LogP contribution in [0.2, 0.25) is 0 Å². The van der Waals surface area contributed by atoms with Crippen LogP contribution in [0.1, 0.15) is 32.3 Å². The highest BCUT2D eigenvalue weighted by Gasteiger charge is 2.23. The van der Waals surface area contributed by atoms with Crippen molar-refractivity contribution in [2.24, 2.45) is 0 Å². The number of anilines is 1. The first kappa shape index (κ1) is 18.7. The van der Waals surface area contributed by atoms with Crippen LogP contribution in [0.3, 0.4) is 0 Å². The van der Waals surface area contributed by atoms with Gasteiger partial charge in [0, 0.05) is 30.4 Å². The number of hydrogen-bond donors (Lipinski definition) is 3. The number of piperidine rings is 1. The highest BCUT2D eigenvalue weighted by Crippen LogP contribution is 2.32. The topological polar surface area (TPSA) is 83.7 Å². The normalized spacial score (nSPS) is 17.6. The van der Waals surface area contributed by atoms with E-state index in [-0.39, 0.29) is 0 Å². The molecule has 1 aliphatic heterocycles. The van der Waals surface area contributed by atoms with Crippen LogP contribution >= 0.6 is 0 Å². The Morgan fingerprint density at radius 2 is 2.21 bits per heavy atom. The van der Waals surface area contributed by atoms with Crippen LogP contribution in [-0.2, 0) is 5.60 Å². The molecular formula is C21H27N5O2. The molecular weight excluding hydrogens is 354 g/mol. The number of nitrogens with zero attached hydrogens (tertiary/aromatic N) is 3. The second-order valence-corrected chi connectivity index (χ2v) is 7.78. The van der Waals surface area contributed by atoms with Gasteiger partial charge in [0.05, 0.1) is 30.3 Å². The van der Waals surface area contributed by atoms with Crippen molar-refractivity contribution in [3.8, 4) is 17.1 Å². The Kier molecular flexibility index (Phi) is 4.95. The Balaban J connectivity index is 1.72. The van der Waals surface area contributed by atoms with E-state index in [9.17, 15) is 5.11 Å². The molecule has 0 aromatic carbocycles. The van der Waals surface area contributed by atoms with Crippen molar-refractivity contribution in [2.75, 3.05) is 25.5 Å². The van der Waals surface area contributed by atoms with Gasteiger partial charge in [0.1, 0.15) is 17.2 Å². The number of methoxy groups -OCH3 is 1. The van der Waals surface area contributed by atoms with E-state index in [4.69, 9.17) is 9.72 Å². The van der Waals surface area contributed by atoms with E-state index in [2.05, 4.69) is 15.6 Å². The van der Waals surface area contributed by atoms with E-state index in [1.165, 1.54) is 6.42 Å². The maximum absolute atomic E-state index is 10.5. The number of ether oxygens (including phenoxy) is 1. The molecule has 0 radical (unpaired) electrons. The molecule has 7 heteroatoms. The van der Waals surface area contributed by atoms with Gasteiger partial charge in [0.2, 0.25) is 0 Å². The van der Waals surface area contributed by atoms with Crippen LogP contribution in [0.4, 0.5) is 5.82 Å². The summed E-state index contributed by atoms with van der Waals surface area (Å²) in [5, 5.41) is 17.5. The lowest BCUT2D eigenvalue weighted by Crippen LogP contribution is -2.38. The van der Waals surface area contributed by atoms with Crippen molar-refractivity contribution >= 4 is 11.5 Å². The fourth-order valence-corrected chi connectivity index (χ4v) is 3.67.